The van der Waals surface area contributed by atoms with Crippen LogP contribution in [-0.4, -0.2) is 9.85 Å². The molecule has 0 spiro atoms. The van der Waals surface area contributed by atoms with Crippen LogP contribution in [0.5, 0.6) is 0 Å². The van der Waals surface area contributed by atoms with Gasteiger partial charge in [-0.3, -0.25) is 20.2 Å². The molecular formula is C12H5Cl4N3O4. The maximum atomic E-state index is 11.4. The summed E-state index contributed by atoms with van der Waals surface area (Å²) in [5.41, 5.74) is 3.65. The van der Waals surface area contributed by atoms with Gasteiger partial charge in [-0.15, -0.1) is 0 Å². The minimum Gasteiger partial charge on any atom is -0.393 e. The molecule has 7 nitrogen and oxygen atoms in total. The molecule has 2 N–H and O–H groups in total. The van der Waals surface area contributed by atoms with Crippen molar-refractivity contribution in [3.8, 4) is 11.1 Å². The Kier molecular flexibility index (Phi) is 4.86. The second kappa shape index (κ2) is 6.37. The van der Waals surface area contributed by atoms with E-state index < -0.39 is 26.2 Å². The molecule has 0 radical (unpaired) electrons. The number of nitrogen functional groups attached to an aromatic ring is 1. The molecule has 0 fully saturated rings. The molecule has 23 heavy (non-hydrogen) atoms. The zero-order chi connectivity index (χ0) is 17.5. The molecule has 0 saturated heterocycles. The summed E-state index contributed by atoms with van der Waals surface area (Å²) in [6.45, 7) is 0. The monoisotopic (exact) mass is 395 g/mol. The number of halogens is 4. The van der Waals surface area contributed by atoms with Gasteiger partial charge >= 0.3 is 0 Å². The van der Waals surface area contributed by atoms with Crippen LogP contribution in [0.2, 0.25) is 20.1 Å². The normalized spacial score (nSPS) is 10.6. The molecule has 0 heterocycles. The molecule has 2 aromatic rings. The predicted octanol–water partition coefficient (Wildman–Crippen LogP) is 5.37. The number of nitro benzene ring substituents is 2. The third-order valence-electron chi connectivity index (χ3n) is 2.94. The lowest BCUT2D eigenvalue weighted by molar-refractivity contribution is -0.385. The summed E-state index contributed by atoms with van der Waals surface area (Å²) in [5.74, 6) is 0. The lowest BCUT2D eigenvalue weighted by Gasteiger charge is -2.12. The average Bonchev–Trinajstić information content (AvgIpc) is 2.47. The lowest BCUT2D eigenvalue weighted by Crippen LogP contribution is -2.01. The van der Waals surface area contributed by atoms with Gasteiger partial charge in [0.25, 0.3) is 11.4 Å². The van der Waals surface area contributed by atoms with E-state index in [2.05, 4.69) is 0 Å². The number of hydrogen-bond donors (Lipinski definition) is 1. The zero-order valence-electron chi connectivity index (χ0n) is 10.8. The summed E-state index contributed by atoms with van der Waals surface area (Å²) in [5, 5.41) is 21.2. The molecular weight excluding hydrogens is 392 g/mol. The number of nitrogens with zero attached hydrogens (tertiary/aromatic N) is 2. The van der Waals surface area contributed by atoms with Crippen molar-refractivity contribution in [2.24, 2.45) is 0 Å². The molecule has 0 aliphatic carbocycles. The second-order valence-electron chi connectivity index (χ2n) is 4.24. The van der Waals surface area contributed by atoms with E-state index >= 15 is 0 Å². The van der Waals surface area contributed by atoms with Crippen molar-refractivity contribution in [3.05, 3.63) is 58.5 Å². The highest BCUT2D eigenvalue weighted by molar-refractivity contribution is 6.54. The van der Waals surface area contributed by atoms with Gasteiger partial charge in [-0.1, -0.05) is 52.5 Å². The van der Waals surface area contributed by atoms with Crippen molar-refractivity contribution < 1.29 is 9.85 Å². The van der Waals surface area contributed by atoms with Crippen LogP contribution in [0.1, 0.15) is 0 Å². The van der Waals surface area contributed by atoms with E-state index in [-0.39, 0.29) is 31.9 Å². The molecule has 0 aromatic heterocycles. The number of anilines is 1. The Morgan fingerprint density at radius 3 is 1.87 bits per heavy atom. The van der Waals surface area contributed by atoms with Gasteiger partial charge in [-0.25, -0.2) is 0 Å². The molecule has 0 amide bonds. The van der Waals surface area contributed by atoms with E-state index in [1.165, 1.54) is 18.2 Å². The first-order valence-corrected chi connectivity index (χ1v) is 7.23. The molecule has 0 aliphatic rings. The minimum absolute atomic E-state index is 0.188. The van der Waals surface area contributed by atoms with Crippen molar-refractivity contribution in [1.82, 2.24) is 0 Å². The van der Waals surface area contributed by atoms with Crippen LogP contribution in [0.4, 0.5) is 17.1 Å². The number of benzene rings is 2. The van der Waals surface area contributed by atoms with E-state index in [9.17, 15) is 20.2 Å². The van der Waals surface area contributed by atoms with E-state index in [1.54, 1.807) is 0 Å². The van der Waals surface area contributed by atoms with Gasteiger partial charge in [-0.2, -0.15) is 0 Å². The van der Waals surface area contributed by atoms with Crippen LogP contribution in [0.15, 0.2) is 18.2 Å². The molecule has 11 heteroatoms. The topological polar surface area (TPSA) is 112 Å². The van der Waals surface area contributed by atoms with Crippen LogP contribution in [-0.2, 0) is 0 Å². The van der Waals surface area contributed by atoms with Gasteiger partial charge in [-0.05, 0) is 12.1 Å². The standard InChI is InChI=1S/C12H5Cl4N3O4/c13-7-6(4-2-1-3-5(17)11(4)18(20)21)12(19(22)23)10(16)9(15)8(7)14/h1-3H,17H2. The van der Waals surface area contributed by atoms with Gasteiger partial charge in [0.15, 0.2) is 0 Å². The van der Waals surface area contributed by atoms with Crippen molar-refractivity contribution >= 4 is 63.5 Å². The van der Waals surface area contributed by atoms with E-state index in [1.807, 2.05) is 0 Å². The first kappa shape index (κ1) is 17.6. The predicted molar refractivity (Wildman–Crippen MR) is 89.6 cm³/mol. The average molecular weight is 397 g/mol. The maximum absolute atomic E-state index is 11.4. The minimum atomic E-state index is -0.849. The Morgan fingerprint density at radius 2 is 1.35 bits per heavy atom. The Balaban J connectivity index is 3.04. The second-order valence-corrected chi connectivity index (χ2v) is 5.75. The van der Waals surface area contributed by atoms with Gasteiger partial charge in [0.2, 0.25) is 0 Å². The molecule has 0 unspecified atom stereocenters. The fraction of sp³-hybridized carbons (Fsp3) is 0. The maximum Gasteiger partial charge on any atom is 0.300 e. The van der Waals surface area contributed by atoms with Crippen LogP contribution in [0.3, 0.4) is 0 Å². The number of nitro groups is 2. The molecule has 2 aromatic carbocycles. The van der Waals surface area contributed by atoms with Crippen molar-refractivity contribution in [3.63, 3.8) is 0 Å². The lowest BCUT2D eigenvalue weighted by atomic mass is 10.0. The number of rotatable bonds is 3. The summed E-state index contributed by atoms with van der Waals surface area (Å²) in [6, 6.07) is 3.91. The molecule has 0 saturated carbocycles. The van der Waals surface area contributed by atoms with Crippen LogP contribution in [0, 0.1) is 20.2 Å². The molecule has 0 atom stereocenters. The van der Waals surface area contributed by atoms with Crippen LogP contribution >= 0.6 is 46.4 Å². The highest BCUT2D eigenvalue weighted by atomic mass is 35.5. The summed E-state index contributed by atoms with van der Waals surface area (Å²) in [7, 11) is 0. The van der Waals surface area contributed by atoms with Crippen molar-refractivity contribution in [1.29, 1.82) is 0 Å². The van der Waals surface area contributed by atoms with Gasteiger partial charge in [0.1, 0.15) is 10.7 Å². The Morgan fingerprint density at radius 1 is 0.826 bits per heavy atom. The van der Waals surface area contributed by atoms with Gasteiger partial charge in [0, 0.05) is 0 Å². The Bertz CT molecular complexity index is 857. The van der Waals surface area contributed by atoms with Crippen molar-refractivity contribution in [2.45, 2.75) is 0 Å². The first-order valence-electron chi connectivity index (χ1n) is 5.72. The molecule has 2 rings (SSSR count). The fourth-order valence-electron chi connectivity index (χ4n) is 2.00. The highest BCUT2D eigenvalue weighted by Crippen LogP contribution is 2.52. The quantitative estimate of drug-likeness (QED) is 0.246. The SMILES string of the molecule is Nc1cccc(-c2c(Cl)c(Cl)c(Cl)c(Cl)c2[N+](=O)[O-])c1[N+](=O)[O-]. The summed E-state index contributed by atoms with van der Waals surface area (Å²) in [6.07, 6.45) is 0. The summed E-state index contributed by atoms with van der Waals surface area (Å²) in [4.78, 5) is 21.0. The summed E-state index contributed by atoms with van der Waals surface area (Å²) >= 11 is 23.6. The van der Waals surface area contributed by atoms with Crippen LogP contribution in [0.25, 0.3) is 11.1 Å². The van der Waals surface area contributed by atoms with Gasteiger partial charge in [0.05, 0.1) is 36.0 Å². The number of para-hydroxylation sites is 1. The fourth-order valence-corrected chi connectivity index (χ4v) is 3.02. The van der Waals surface area contributed by atoms with E-state index in [0.717, 1.165) is 0 Å². The summed E-state index contributed by atoms with van der Waals surface area (Å²) < 4.78 is 0. The highest BCUT2D eigenvalue weighted by Gasteiger charge is 2.33. The van der Waals surface area contributed by atoms with E-state index in [0.29, 0.717) is 0 Å². The molecule has 0 aliphatic heterocycles. The third kappa shape index (κ3) is 2.88. The van der Waals surface area contributed by atoms with Crippen molar-refractivity contribution in [2.75, 3.05) is 5.73 Å². The number of hydrogen-bond acceptors (Lipinski definition) is 5. The van der Waals surface area contributed by atoms with Gasteiger partial charge < -0.3 is 5.73 Å². The smallest absolute Gasteiger partial charge is 0.300 e. The number of nitrogens with two attached hydrogens (primary N) is 1. The molecule has 0 bridgehead atoms. The Hall–Kier alpha value is -1.80. The van der Waals surface area contributed by atoms with Crippen LogP contribution < -0.4 is 5.73 Å². The Labute approximate surface area is 148 Å². The van der Waals surface area contributed by atoms with E-state index in [4.69, 9.17) is 52.1 Å². The first-order chi connectivity index (χ1) is 10.7. The molecule has 120 valence electrons. The largest absolute Gasteiger partial charge is 0.393 e. The third-order valence-corrected chi connectivity index (χ3v) is 4.74. The zero-order valence-corrected chi connectivity index (χ0v) is 13.9.